The minimum atomic E-state index is -4.63. The van der Waals surface area contributed by atoms with E-state index in [1.807, 2.05) is 26.0 Å². The van der Waals surface area contributed by atoms with E-state index < -0.39 is 11.9 Å². The van der Waals surface area contributed by atoms with E-state index >= 15 is 0 Å². The summed E-state index contributed by atoms with van der Waals surface area (Å²) >= 11 is 0. The minimum absolute atomic E-state index is 0.0168. The third-order valence-corrected chi connectivity index (χ3v) is 7.00. The molecule has 192 valence electrons. The number of piperidine rings is 1. The Morgan fingerprint density at radius 1 is 1.06 bits per heavy atom. The number of nitrogens with two attached hydrogens (primary N) is 2. The van der Waals surface area contributed by atoms with Crippen molar-refractivity contribution in [3.8, 4) is 5.69 Å². The topological polar surface area (TPSA) is 82.2 Å². The highest BCUT2D eigenvalue weighted by molar-refractivity contribution is 5.87. The molecule has 0 amide bonds. The molecule has 0 spiro atoms. The maximum Gasteiger partial charge on any atom is 0.430 e. The average molecular weight is 500 g/mol. The molecule has 6 rings (SSSR count). The summed E-state index contributed by atoms with van der Waals surface area (Å²) in [5, 5.41) is 1.21. The highest BCUT2D eigenvalue weighted by Crippen LogP contribution is 2.40. The lowest BCUT2D eigenvalue weighted by atomic mass is 9.94. The van der Waals surface area contributed by atoms with Gasteiger partial charge >= 0.3 is 6.18 Å². The summed E-state index contributed by atoms with van der Waals surface area (Å²) in [7, 11) is 2.09. The van der Waals surface area contributed by atoms with Gasteiger partial charge in [-0.15, -0.1) is 0 Å². The second-order valence-electron chi connectivity index (χ2n) is 9.04. The van der Waals surface area contributed by atoms with Crippen molar-refractivity contribution in [3.05, 3.63) is 81.6 Å². The maximum atomic E-state index is 12.9. The largest absolute Gasteiger partial charge is 0.430 e. The second kappa shape index (κ2) is 9.89. The molecule has 0 saturated carbocycles. The number of hydrogen-bond acceptors (Lipinski definition) is 4. The van der Waals surface area contributed by atoms with E-state index in [4.69, 9.17) is 11.5 Å². The van der Waals surface area contributed by atoms with E-state index in [0.29, 0.717) is 23.2 Å². The minimum Gasteiger partial charge on any atom is -0.398 e. The molecule has 0 radical (unpaired) electrons. The highest BCUT2D eigenvalue weighted by atomic mass is 19.4. The van der Waals surface area contributed by atoms with E-state index in [2.05, 4.69) is 22.6 Å². The maximum absolute atomic E-state index is 12.9. The Bertz CT molecular complexity index is 1390. The number of fused-ring (bicyclic) bond motifs is 3. The van der Waals surface area contributed by atoms with Gasteiger partial charge in [0.05, 0.1) is 11.2 Å². The first kappa shape index (κ1) is 25.6. The lowest BCUT2D eigenvalue weighted by Crippen LogP contribution is -2.29. The van der Waals surface area contributed by atoms with Gasteiger partial charge in [0.2, 0.25) is 0 Å². The SMILES string of the molecule is CC.Cn1c2c(c3ccc(-n4ccc(/C(N)=C/C=C(\N)C(F)(F)F)cc4=O)cc31)CN1CCC2CC1. The second-order valence-corrected chi connectivity index (χ2v) is 9.04. The molecular weight excluding hydrogens is 467 g/mol. The Hall–Kier alpha value is -3.46. The zero-order chi connectivity index (χ0) is 26.2. The number of aromatic nitrogens is 2. The number of rotatable bonds is 3. The molecule has 4 N–H and O–H groups in total. The van der Waals surface area contributed by atoms with Crippen LogP contribution in [0.5, 0.6) is 0 Å². The molecule has 1 fully saturated rings. The van der Waals surface area contributed by atoms with Crippen LogP contribution >= 0.6 is 0 Å². The van der Waals surface area contributed by atoms with Gasteiger partial charge in [0.15, 0.2) is 0 Å². The number of pyridine rings is 1. The fourth-order valence-electron chi connectivity index (χ4n) is 5.19. The third-order valence-electron chi connectivity index (χ3n) is 7.00. The summed E-state index contributed by atoms with van der Waals surface area (Å²) in [6.07, 6.45) is 1.03. The fraction of sp³-hybridized carbons (Fsp3) is 0.370. The van der Waals surface area contributed by atoms with E-state index in [0.717, 1.165) is 31.2 Å². The van der Waals surface area contributed by atoms with E-state index in [1.54, 1.807) is 12.3 Å². The summed E-state index contributed by atoms with van der Waals surface area (Å²) in [6, 6.07) is 8.92. The highest BCUT2D eigenvalue weighted by Gasteiger charge is 2.32. The van der Waals surface area contributed by atoms with Crippen LogP contribution in [0.3, 0.4) is 0 Å². The van der Waals surface area contributed by atoms with Crippen LogP contribution in [0.4, 0.5) is 13.2 Å². The van der Waals surface area contributed by atoms with Crippen LogP contribution in [0, 0.1) is 0 Å². The van der Waals surface area contributed by atoms with Crippen LogP contribution in [-0.4, -0.2) is 33.3 Å². The van der Waals surface area contributed by atoms with E-state index in [9.17, 15) is 18.0 Å². The first-order valence-electron chi connectivity index (χ1n) is 12.2. The molecule has 3 aliphatic rings. The Labute approximate surface area is 208 Å². The zero-order valence-electron chi connectivity index (χ0n) is 20.8. The molecule has 0 unspecified atom stereocenters. The van der Waals surface area contributed by atoms with Gasteiger partial charge in [0, 0.05) is 54.1 Å². The number of nitrogens with zero attached hydrogens (tertiary/aromatic N) is 3. The monoisotopic (exact) mass is 499 g/mol. The van der Waals surface area contributed by atoms with Gasteiger partial charge in [-0.2, -0.15) is 13.2 Å². The molecule has 0 atom stereocenters. The van der Waals surface area contributed by atoms with Crippen molar-refractivity contribution in [3.63, 3.8) is 0 Å². The molecule has 3 aromatic rings. The Morgan fingerprint density at radius 3 is 2.39 bits per heavy atom. The lowest BCUT2D eigenvalue weighted by molar-refractivity contribution is -0.0926. The lowest BCUT2D eigenvalue weighted by Gasteiger charge is -2.27. The van der Waals surface area contributed by atoms with Crippen LogP contribution in [-0.2, 0) is 13.6 Å². The van der Waals surface area contributed by atoms with Crippen LogP contribution in [0.15, 0.2) is 59.2 Å². The molecule has 36 heavy (non-hydrogen) atoms. The summed E-state index contributed by atoms with van der Waals surface area (Å²) < 4.78 is 41.5. The summed E-state index contributed by atoms with van der Waals surface area (Å²) in [6.45, 7) is 7.23. The Kier molecular flexibility index (Phi) is 7.04. The van der Waals surface area contributed by atoms with Crippen molar-refractivity contribution in [2.75, 3.05) is 13.1 Å². The molecule has 2 aromatic heterocycles. The van der Waals surface area contributed by atoms with Crippen molar-refractivity contribution in [2.24, 2.45) is 18.5 Å². The van der Waals surface area contributed by atoms with Crippen molar-refractivity contribution >= 4 is 16.6 Å². The third kappa shape index (κ3) is 4.67. The first-order chi connectivity index (χ1) is 17.1. The first-order valence-corrected chi connectivity index (χ1v) is 12.2. The van der Waals surface area contributed by atoms with E-state index in [-0.39, 0.29) is 11.3 Å². The van der Waals surface area contributed by atoms with Gasteiger partial charge < -0.3 is 16.0 Å². The molecular formula is C27H32F3N5O. The Balaban J connectivity index is 0.00000148. The molecule has 6 nitrogen and oxygen atoms in total. The Morgan fingerprint density at radius 2 is 1.75 bits per heavy atom. The van der Waals surface area contributed by atoms with Gasteiger partial charge in [-0.05, 0) is 61.8 Å². The zero-order valence-corrected chi connectivity index (χ0v) is 20.8. The van der Waals surface area contributed by atoms with Crippen LogP contribution in [0.1, 0.15) is 49.4 Å². The summed E-state index contributed by atoms with van der Waals surface area (Å²) in [5.41, 5.74) is 14.2. The summed E-state index contributed by atoms with van der Waals surface area (Å²) in [5.74, 6) is 0.562. The molecule has 9 heteroatoms. The van der Waals surface area contributed by atoms with Gasteiger partial charge in [0.1, 0.15) is 5.70 Å². The van der Waals surface area contributed by atoms with E-state index in [1.165, 1.54) is 40.1 Å². The van der Waals surface area contributed by atoms with Gasteiger partial charge in [-0.1, -0.05) is 19.9 Å². The van der Waals surface area contributed by atoms with Crippen LogP contribution in [0.2, 0.25) is 0 Å². The number of halogens is 3. The molecule has 1 saturated heterocycles. The number of aryl methyl sites for hydroxylation is 1. The van der Waals surface area contributed by atoms with Crippen molar-refractivity contribution in [1.82, 2.24) is 14.0 Å². The van der Waals surface area contributed by atoms with Crippen LogP contribution in [0.25, 0.3) is 22.3 Å². The molecule has 2 bridgehead atoms. The van der Waals surface area contributed by atoms with Crippen molar-refractivity contribution < 1.29 is 13.2 Å². The quantitative estimate of drug-likeness (QED) is 0.510. The number of benzene rings is 1. The average Bonchev–Trinajstić information content (AvgIpc) is 3.01. The normalized spacial score (nSPS) is 20.1. The smallest absolute Gasteiger partial charge is 0.398 e. The molecule has 5 heterocycles. The van der Waals surface area contributed by atoms with Gasteiger partial charge in [0.25, 0.3) is 5.56 Å². The number of hydrogen-bond donors (Lipinski definition) is 2. The molecule has 1 aromatic carbocycles. The van der Waals surface area contributed by atoms with Gasteiger partial charge in [-0.3, -0.25) is 14.3 Å². The van der Waals surface area contributed by atoms with Crippen LogP contribution < -0.4 is 17.0 Å². The molecule has 0 aliphatic carbocycles. The number of alkyl halides is 3. The standard InChI is InChI=1S/C25H26F3N5O.C2H6/c1-31-21-13-17(2-3-18(21)19-14-32-9-6-15(7-10-32)24(19)31)33-11-8-16(12-23(33)34)20(29)4-5-22(30)25(26,27)28;1-2/h2-5,8,11-13,15H,6-7,9-10,14,29-30H2,1H3;1-2H3/b20-4-,22-5-;. The van der Waals surface area contributed by atoms with Crippen molar-refractivity contribution in [2.45, 2.75) is 45.3 Å². The van der Waals surface area contributed by atoms with Crippen molar-refractivity contribution in [1.29, 1.82) is 0 Å². The molecule has 3 aliphatic heterocycles. The predicted octanol–water partition coefficient (Wildman–Crippen LogP) is 4.75. The summed E-state index contributed by atoms with van der Waals surface area (Å²) in [4.78, 5) is 15.4. The number of allylic oxidation sites excluding steroid dienone is 3. The fourth-order valence-corrected chi connectivity index (χ4v) is 5.19. The van der Waals surface area contributed by atoms with Gasteiger partial charge in [-0.25, -0.2) is 0 Å². The predicted molar refractivity (Wildman–Crippen MR) is 138 cm³/mol.